The highest BCUT2D eigenvalue weighted by Gasteiger charge is 2.62. The lowest BCUT2D eigenvalue weighted by Crippen LogP contribution is -2.77. The summed E-state index contributed by atoms with van der Waals surface area (Å²) in [6.07, 6.45) is 9.75. The third kappa shape index (κ3) is 4.88. The van der Waals surface area contributed by atoms with Gasteiger partial charge in [-0.1, -0.05) is 31.0 Å². The predicted octanol–water partition coefficient (Wildman–Crippen LogP) is 2.98. The van der Waals surface area contributed by atoms with Crippen LogP contribution in [0, 0.1) is 11.8 Å². The number of thioether (sulfide) groups is 1. The standard InChI is InChI=1S/C24H34N2O5S/c1-16(27)32-13-22-24(31-15-30-3,23(28)26(22)14-29-2)12-21-20-11-18(7-6-17-4-5-17)10-19(20)8-9-25-21/h8-9,17-18,22H,4-7,10-15H2,1-3H3/t18-,22+,24-/m1/s1. The molecule has 1 amide bonds. The van der Waals surface area contributed by atoms with E-state index in [1.54, 1.807) is 19.1 Å². The highest BCUT2D eigenvalue weighted by Crippen LogP contribution is 2.42. The van der Waals surface area contributed by atoms with Gasteiger partial charge in [0.25, 0.3) is 5.91 Å². The van der Waals surface area contributed by atoms with Gasteiger partial charge in [0.05, 0.1) is 6.04 Å². The first-order valence-electron chi connectivity index (χ1n) is 11.5. The molecule has 32 heavy (non-hydrogen) atoms. The lowest BCUT2D eigenvalue weighted by atomic mass is 9.78. The van der Waals surface area contributed by atoms with E-state index in [-0.39, 0.29) is 30.6 Å². The molecule has 0 N–H and O–H groups in total. The van der Waals surface area contributed by atoms with Crippen LogP contribution in [0.2, 0.25) is 0 Å². The summed E-state index contributed by atoms with van der Waals surface area (Å²) in [4.78, 5) is 31.4. The Bertz CT molecular complexity index is 846. The van der Waals surface area contributed by atoms with Crippen molar-refractivity contribution in [2.75, 3.05) is 33.5 Å². The van der Waals surface area contributed by atoms with Gasteiger partial charge < -0.3 is 19.1 Å². The maximum atomic E-state index is 13.3. The van der Waals surface area contributed by atoms with Gasteiger partial charge in [0.2, 0.25) is 0 Å². The van der Waals surface area contributed by atoms with E-state index in [2.05, 4.69) is 6.07 Å². The van der Waals surface area contributed by atoms with E-state index in [0.29, 0.717) is 18.1 Å². The molecule has 2 heterocycles. The van der Waals surface area contributed by atoms with Gasteiger partial charge in [0, 0.05) is 45.2 Å². The maximum absolute atomic E-state index is 13.3. The second-order valence-corrected chi connectivity index (χ2v) is 10.5. The van der Waals surface area contributed by atoms with Gasteiger partial charge >= 0.3 is 0 Å². The number of aromatic nitrogens is 1. The summed E-state index contributed by atoms with van der Waals surface area (Å²) in [7, 11) is 3.11. The van der Waals surface area contributed by atoms with Crippen molar-refractivity contribution in [2.45, 2.75) is 63.5 Å². The van der Waals surface area contributed by atoms with E-state index in [9.17, 15) is 9.59 Å². The number of amides is 1. The number of ether oxygens (including phenoxy) is 3. The number of pyridine rings is 1. The van der Waals surface area contributed by atoms with Crippen LogP contribution in [0.1, 0.15) is 49.4 Å². The first-order valence-corrected chi connectivity index (χ1v) is 12.5. The number of β-lactam (4-membered cyclic amide) rings is 1. The molecule has 3 atom stereocenters. The van der Waals surface area contributed by atoms with Gasteiger partial charge in [-0.3, -0.25) is 14.6 Å². The minimum Gasteiger partial charge on any atom is -0.364 e. The van der Waals surface area contributed by atoms with E-state index in [1.807, 2.05) is 6.20 Å². The quantitative estimate of drug-likeness (QED) is 0.349. The summed E-state index contributed by atoms with van der Waals surface area (Å²) in [6.45, 7) is 1.72. The van der Waals surface area contributed by atoms with E-state index >= 15 is 0 Å². The number of carbonyl (C=O) groups is 2. The Morgan fingerprint density at radius 2 is 2.00 bits per heavy atom. The van der Waals surface area contributed by atoms with Crippen LogP contribution in [0.15, 0.2) is 12.3 Å². The molecule has 1 aliphatic heterocycles. The van der Waals surface area contributed by atoms with Crippen LogP contribution < -0.4 is 0 Å². The van der Waals surface area contributed by atoms with Crippen LogP contribution in [0.25, 0.3) is 0 Å². The molecule has 1 aromatic heterocycles. The van der Waals surface area contributed by atoms with Crippen LogP contribution in [0.4, 0.5) is 0 Å². The van der Waals surface area contributed by atoms with Gasteiger partial charge in [0.15, 0.2) is 10.7 Å². The first kappa shape index (κ1) is 23.7. The van der Waals surface area contributed by atoms with Crippen molar-refractivity contribution in [3.8, 4) is 0 Å². The fourth-order valence-electron chi connectivity index (χ4n) is 5.16. The largest absolute Gasteiger partial charge is 0.364 e. The number of methoxy groups -OCH3 is 2. The number of nitrogens with zero attached hydrogens (tertiary/aromatic N) is 2. The molecule has 0 unspecified atom stereocenters. The molecule has 4 rings (SSSR count). The van der Waals surface area contributed by atoms with Crippen LogP contribution in [-0.4, -0.2) is 66.0 Å². The average molecular weight is 463 g/mol. The van der Waals surface area contributed by atoms with Gasteiger partial charge in [-0.2, -0.15) is 0 Å². The molecule has 2 fully saturated rings. The van der Waals surface area contributed by atoms with Gasteiger partial charge in [-0.25, -0.2) is 0 Å². The Morgan fingerprint density at radius 1 is 1.22 bits per heavy atom. The van der Waals surface area contributed by atoms with E-state index in [0.717, 1.165) is 24.5 Å². The van der Waals surface area contributed by atoms with Gasteiger partial charge in [-0.05, 0) is 48.3 Å². The summed E-state index contributed by atoms with van der Waals surface area (Å²) in [5.74, 6) is 1.93. The molecular weight excluding hydrogens is 428 g/mol. The van der Waals surface area contributed by atoms with Crippen LogP contribution in [-0.2, 0) is 43.1 Å². The Kier molecular flexibility index (Phi) is 7.54. The van der Waals surface area contributed by atoms with Crippen molar-refractivity contribution < 1.29 is 23.8 Å². The molecule has 176 valence electrons. The molecule has 1 saturated carbocycles. The highest BCUT2D eigenvalue weighted by molar-refractivity contribution is 8.13. The fraction of sp³-hybridized carbons (Fsp3) is 0.708. The Balaban J connectivity index is 1.56. The maximum Gasteiger partial charge on any atom is 0.259 e. The molecule has 0 aromatic carbocycles. The first-order chi connectivity index (χ1) is 15.5. The zero-order chi connectivity index (χ0) is 22.7. The van der Waals surface area contributed by atoms with Gasteiger partial charge in [-0.15, -0.1) is 0 Å². The molecule has 7 nitrogen and oxygen atoms in total. The third-order valence-corrected chi connectivity index (χ3v) is 7.93. The van der Waals surface area contributed by atoms with E-state index < -0.39 is 5.60 Å². The van der Waals surface area contributed by atoms with Crippen LogP contribution in [0.3, 0.4) is 0 Å². The van der Waals surface area contributed by atoms with Crippen molar-refractivity contribution in [1.82, 2.24) is 9.88 Å². The molecule has 3 aliphatic rings. The molecule has 1 aromatic rings. The van der Waals surface area contributed by atoms with E-state index in [4.69, 9.17) is 19.2 Å². The molecule has 1 saturated heterocycles. The van der Waals surface area contributed by atoms with E-state index in [1.165, 1.54) is 55.5 Å². The van der Waals surface area contributed by atoms with Crippen molar-refractivity contribution in [2.24, 2.45) is 11.8 Å². The number of fused-ring (bicyclic) bond motifs is 1. The summed E-state index contributed by atoms with van der Waals surface area (Å²) < 4.78 is 16.5. The van der Waals surface area contributed by atoms with Crippen LogP contribution >= 0.6 is 11.8 Å². The molecule has 2 aliphatic carbocycles. The Labute approximate surface area is 194 Å². The number of hydrogen-bond donors (Lipinski definition) is 0. The molecule has 0 spiro atoms. The van der Waals surface area contributed by atoms with Crippen LogP contribution in [0.5, 0.6) is 0 Å². The zero-order valence-corrected chi connectivity index (χ0v) is 20.1. The predicted molar refractivity (Wildman–Crippen MR) is 122 cm³/mol. The monoisotopic (exact) mass is 462 g/mol. The summed E-state index contributed by atoms with van der Waals surface area (Å²) in [5.41, 5.74) is 2.49. The third-order valence-electron chi connectivity index (χ3n) is 7.04. The normalized spacial score (nSPS) is 26.8. The Hall–Kier alpha value is -1.48. The van der Waals surface area contributed by atoms with Gasteiger partial charge in [0.1, 0.15) is 13.5 Å². The lowest BCUT2D eigenvalue weighted by molar-refractivity contribution is -0.229. The smallest absolute Gasteiger partial charge is 0.259 e. The number of hydrogen-bond acceptors (Lipinski definition) is 7. The lowest BCUT2D eigenvalue weighted by Gasteiger charge is -2.54. The van der Waals surface area contributed by atoms with Crippen molar-refractivity contribution in [1.29, 1.82) is 0 Å². The number of likely N-dealkylation sites (tertiary alicyclic amines) is 1. The number of rotatable bonds is 12. The molecular formula is C24H34N2O5S. The minimum absolute atomic E-state index is 0.00678. The fourth-order valence-corrected chi connectivity index (χ4v) is 6.01. The average Bonchev–Trinajstić information content (AvgIpc) is 3.51. The summed E-state index contributed by atoms with van der Waals surface area (Å²) in [6, 6.07) is 1.84. The minimum atomic E-state index is -1.09. The molecule has 8 heteroatoms. The topological polar surface area (TPSA) is 78.0 Å². The van der Waals surface area contributed by atoms with Crippen molar-refractivity contribution in [3.63, 3.8) is 0 Å². The SMILES string of the molecule is COCO[C@@]1(Cc2nccc3c2C[C@H](CCC2CC2)C3)C(=O)N(COC)[C@H]1CSC(C)=O. The zero-order valence-electron chi connectivity index (χ0n) is 19.3. The summed E-state index contributed by atoms with van der Waals surface area (Å²) >= 11 is 1.20. The van der Waals surface area contributed by atoms with Crippen molar-refractivity contribution in [3.05, 3.63) is 29.1 Å². The Morgan fingerprint density at radius 3 is 2.69 bits per heavy atom. The number of carbonyl (C=O) groups excluding carboxylic acids is 2. The van der Waals surface area contributed by atoms with Crippen molar-refractivity contribution >= 4 is 22.8 Å². The molecule has 0 bridgehead atoms. The second-order valence-electron chi connectivity index (χ2n) is 9.32. The summed E-state index contributed by atoms with van der Waals surface area (Å²) in [5, 5.41) is 0.0135. The molecule has 0 radical (unpaired) electrons. The highest BCUT2D eigenvalue weighted by atomic mass is 32.2. The second kappa shape index (κ2) is 10.2.